The maximum absolute atomic E-state index is 13.2. The zero-order chi connectivity index (χ0) is 24.7. The highest BCUT2D eigenvalue weighted by atomic mass is 16.2. The van der Waals surface area contributed by atoms with E-state index < -0.39 is 0 Å². The first-order valence-electron chi connectivity index (χ1n) is 13.5. The van der Waals surface area contributed by atoms with Gasteiger partial charge in [0, 0.05) is 77.2 Å². The Hall–Kier alpha value is -3.13. The van der Waals surface area contributed by atoms with Gasteiger partial charge in [-0.15, -0.1) is 0 Å². The highest BCUT2D eigenvalue weighted by Gasteiger charge is 2.31. The van der Waals surface area contributed by atoms with Crippen molar-refractivity contribution in [1.82, 2.24) is 19.7 Å². The Bertz CT molecular complexity index is 1010. The molecule has 5 rings (SSSR count). The van der Waals surface area contributed by atoms with Crippen molar-refractivity contribution in [3.63, 3.8) is 0 Å². The first-order chi connectivity index (χ1) is 17.7. The largest absolute Gasteiger partial charge is 0.367 e. The number of amides is 3. The van der Waals surface area contributed by atoms with Crippen LogP contribution in [-0.2, 0) is 11.2 Å². The van der Waals surface area contributed by atoms with E-state index in [0.717, 1.165) is 89.3 Å². The number of hydrogen-bond donors (Lipinski definition) is 1. The highest BCUT2D eigenvalue weighted by Crippen LogP contribution is 2.29. The van der Waals surface area contributed by atoms with Crippen molar-refractivity contribution in [1.29, 1.82) is 0 Å². The summed E-state index contributed by atoms with van der Waals surface area (Å²) in [5.41, 5.74) is 3.32. The average molecular weight is 491 g/mol. The number of benzene rings is 1. The number of rotatable bonds is 6. The zero-order valence-corrected chi connectivity index (χ0v) is 21.1. The Morgan fingerprint density at radius 2 is 1.50 bits per heavy atom. The normalized spacial score (nSPS) is 19.5. The molecule has 1 aromatic carbocycles. The second kappa shape index (κ2) is 11.7. The van der Waals surface area contributed by atoms with Crippen LogP contribution in [0.25, 0.3) is 0 Å². The van der Waals surface area contributed by atoms with Gasteiger partial charge in [0.15, 0.2) is 0 Å². The van der Waals surface area contributed by atoms with E-state index in [2.05, 4.69) is 38.3 Å². The van der Waals surface area contributed by atoms with Crippen LogP contribution in [0, 0.1) is 5.92 Å². The van der Waals surface area contributed by atoms with E-state index in [4.69, 9.17) is 0 Å². The maximum Gasteiger partial charge on any atom is 0.319 e. The molecule has 0 spiro atoms. The molecule has 0 bridgehead atoms. The molecular weight excluding hydrogens is 452 g/mol. The Morgan fingerprint density at radius 3 is 2.22 bits per heavy atom. The number of anilines is 2. The Balaban J connectivity index is 1.11. The summed E-state index contributed by atoms with van der Waals surface area (Å²) in [4.78, 5) is 38.7. The molecule has 0 atom stereocenters. The number of urea groups is 1. The summed E-state index contributed by atoms with van der Waals surface area (Å²) in [6.07, 6.45) is 8.41. The maximum atomic E-state index is 13.2. The topological polar surface area (TPSA) is 72.0 Å². The smallest absolute Gasteiger partial charge is 0.319 e. The molecule has 3 aliphatic heterocycles. The molecule has 36 heavy (non-hydrogen) atoms. The second-order valence-electron chi connectivity index (χ2n) is 10.2. The van der Waals surface area contributed by atoms with Gasteiger partial charge >= 0.3 is 6.03 Å². The van der Waals surface area contributed by atoms with Gasteiger partial charge in [-0.05, 0) is 61.9 Å². The number of piperidine rings is 1. The number of carbonyl (C=O) groups is 2. The summed E-state index contributed by atoms with van der Waals surface area (Å²) in [7, 11) is 0. The molecule has 3 amide bonds. The van der Waals surface area contributed by atoms with Gasteiger partial charge in [-0.3, -0.25) is 14.7 Å². The van der Waals surface area contributed by atoms with Crippen LogP contribution in [0.1, 0.15) is 31.2 Å². The van der Waals surface area contributed by atoms with Gasteiger partial charge < -0.3 is 20.0 Å². The van der Waals surface area contributed by atoms with Crippen LogP contribution in [0.4, 0.5) is 16.2 Å². The first kappa shape index (κ1) is 24.6. The molecule has 192 valence electrons. The van der Waals surface area contributed by atoms with Crippen molar-refractivity contribution in [2.45, 2.75) is 32.1 Å². The molecular formula is C28H38N6O2. The van der Waals surface area contributed by atoms with Crippen molar-refractivity contribution in [2.75, 3.05) is 69.1 Å². The lowest BCUT2D eigenvalue weighted by Crippen LogP contribution is -2.47. The molecule has 0 saturated carbocycles. The number of nitrogens with zero attached hydrogens (tertiary/aromatic N) is 5. The van der Waals surface area contributed by atoms with Crippen LogP contribution in [-0.4, -0.2) is 90.5 Å². The average Bonchev–Trinajstić information content (AvgIpc) is 3.48. The number of nitrogens with one attached hydrogen (secondary N) is 1. The molecule has 8 nitrogen and oxygen atoms in total. The minimum Gasteiger partial charge on any atom is -0.367 e. The number of piperazine rings is 1. The fourth-order valence-corrected chi connectivity index (χ4v) is 5.58. The molecule has 0 radical (unpaired) electrons. The zero-order valence-electron chi connectivity index (χ0n) is 21.1. The number of hydrogen-bond acceptors (Lipinski definition) is 5. The number of pyridine rings is 1. The summed E-state index contributed by atoms with van der Waals surface area (Å²) in [5.74, 6) is 0.0254. The fraction of sp³-hybridized carbons (Fsp3) is 0.536. The first-order valence-corrected chi connectivity index (χ1v) is 13.5. The van der Waals surface area contributed by atoms with Crippen molar-refractivity contribution in [2.24, 2.45) is 5.92 Å². The van der Waals surface area contributed by atoms with Gasteiger partial charge in [0.2, 0.25) is 5.91 Å². The Kier molecular flexibility index (Phi) is 8.01. The van der Waals surface area contributed by atoms with Crippen LogP contribution < -0.4 is 10.2 Å². The fourth-order valence-electron chi connectivity index (χ4n) is 5.58. The van der Waals surface area contributed by atoms with Crippen LogP contribution in [0.15, 0.2) is 48.8 Å². The molecule has 1 aromatic heterocycles. The van der Waals surface area contributed by atoms with E-state index in [0.29, 0.717) is 13.1 Å². The quantitative estimate of drug-likeness (QED) is 0.673. The summed E-state index contributed by atoms with van der Waals surface area (Å²) in [5, 5.41) is 3.22. The molecule has 3 aliphatic rings. The van der Waals surface area contributed by atoms with Gasteiger partial charge in [0.05, 0.1) is 11.4 Å². The van der Waals surface area contributed by atoms with E-state index in [9.17, 15) is 9.59 Å². The van der Waals surface area contributed by atoms with E-state index in [1.165, 1.54) is 5.56 Å². The number of carbonyl (C=O) groups excluding carboxylic acids is 2. The SMILES string of the molecule is O=C(Nc1ccccc1N1CCN(CCc2ccncc2)CC1)C1CCN(C(=O)N2CCCC2)CC1. The molecule has 3 fully saturated rings. The molecule has 4 heterocycles. The molecule has 0 unspecified atom stereocenters. The molecule has 2 aromatic rings. The van der Waals surface area contributed by atoms with Crippen LogP contribution in [0.2, 0.25) is 0 Å². The third-order valence-electron chi connectivity index (χ3n) is 7.85. The predicted molar refractivity (Wildman–Crippen MR) is 142 cm³/mol. The summed E-state index contributed by atoms with van der Waals surface area (Å²) < 4.78 is 0. The van der Waals surface area contributed by atoms with Crippen molar-refractivity contribution in [3.8, 4) is 0 Å². The van der Waals surface area contributed by atoms with Crippen LogP contribution in [0.3, 0.4) is 0 Å². The Labute approximate surface area is 214 Å². The van der Waals surface area contributed by atoms with Gasteiger partial charge in [0.1, 0.15) is 0 Å². The highest BCUT2D eigenvalue weighted by molar-refractivity contribution is 5.96. The summed E-state index contributed by atoms with van der Waals surface area (Å²) in [6, 6.07) is 12.5. The lowest BCUT2D eigenvalue weighted by molar-refractivity contribution is -0.121. The van der Waals surface area contributed by atoms with Gasteiger partial charge in [-0.1, -0.05) is 12.1 Å². The third-order valence-corrected chi connectivity index (χ3v) is 7.85. The van der Waals surface area contributed by atoms with E-state index in [1.807, 2.05) is 40.4 Å². The lowest BCUT2D eigenvalue weighted by Gasteiger charge is -2.37. The number of aromatic nitrogens is 1. The van der Waals surface area contributed by atoms with Crippen molar-refractivity contribution in [3.05, 3.63) is 54.4 Å². The van der Waals surface area contributed by atoms with E-state index in [-0.39, 0.29) is 17.9 Å². The van der Waals surface area contributed by atoms with Gasteiger partial charge in [0.25, 0.3) is 0 Å². The number of likely N-dealkylation sites (tertiary alicyclic amines) is 2. The predicted octanol–water partition coefficient (Wildman–Crippen LogP) is 3.31. The van der Waals surface area contributed by atoms with Crippen LogP contribution in [0.5, 0.6) is 0 Å². The molecule has 0 aliphatic carbocycles. The van der Waals surface area contributed by atoms with Crippen molar-refractivity contribution < 1.29 is 9.59 Å². The minimum absolute atomic E-state index is 0.0503. The standard InChI is InChI=1S/C28H38N6O2/c35-27(24-10-17-34(18-11-24)28(36)33-14-3-4-15-33)30-25-5-1-2-6-26(25)32-21-19-31(20-22-32)16-9-23-7-12-29-13-8-23/h1-2,5-8,12-13,24H,3-4,9-11,14-22H2,(H,30,35). The second-order valence-corrected chi connectivity index (χ2v) is 10.2. The number of para-hydroxylation sites is 2. The molecule has 1 N–H and O–H groups in total. The van der Waals surface area contributed by atoms with Crippen molar-refractivity contribution >= 4 is 23.3 Å². The lowest BCUT2D eigenvalue weighted by atomic mass is 9.96. The third kappa shape index (κ3) is 5.98. The van der Waals surface area contributed by atoms with E-state index >= 15 is 0 Å². The summed E-state index contributed by atoms with van der Waals surface area (Å²) >= 11 is 0. The minimum atomic E-state index is -0.0503. The molecule has 8 heteroatoms. The Morgan fingerprint density at radius 1 is 0.833 bits per heavy atom. The van der Waals surface area contributed by atoms with E-state index in [1.54, 1.807) is 0 Å². The monoisotopic (exact) mass is 490 g/mol. The van der Waals surface area contributed by atoms with Crippen LogP contribution >= 0.6 is 0 Å². The van der Waals surface area contributed by atoms with Gasteiger partial charge in [-0.2, -0.15) is 0 Å². The van der Waals surface area contributed by atoms with Gasteiger partial charge in [-0.25, -0.2) is 4.79 Å². The summed E-state index contributed by atoms with van der Waals surface area (Å²) in [6.45, 7) is 8.03. The molecule has 3 saturated heterocycles.